The predicted molar refractivity (Wildman–Crippen MR) is 96.6 cm³/mol. The monoisotopic (exact) mass is 356 g/mol. The van der Waals surface area contributed by atoms with Gasteiger partial charge in [-0.05, 0) is 31.2 Å². The standard InChI is InChI=1S/C19H24N4O3/c1-14-2-4-16(5-3-14)12-26-19(25)23-8-6-15(7-9-23)10-21-18(24)17-11-20-13-22-17/h2-5,11,13,15H,6-10,12H2,1H3,(H,20,22)(H,21,24). The number of hydrogen-bond donors (Lipinski definition) is 2. The smallest absolute Gasteiger partial charge is 0.410 e. The summed E-state index contributed by atoms with van der Waals surface area (Å²) in [5, 5.41) is 2.91. The zero-order valence-corrected chi connectivity index (χ0v) is 14.9. The number of carbonyl (C=O) groups is 2. The second kappa shape index (κ2) is 8.51. The summed E-state index contributed by atoms with van der Waals surface area (Å²) in [7, 11) is 0. The second-order valence-electron chi connectivity index (χ2n) is 6.65. The quantitative estimate of drug-likeness (QED) is 0.862. The Labute approximate surface area is 152 Å². The van der Waals surface area contributed by atoms with Crippen LogP contribution in [0.25, 0.3) is 0 Å². The van der Waals surface area contributed by atoms with Crippen LogP contribution in [-0.4, -0.2) is 46.5 Å². The van der Waals surface area contributed by atoms with Crippen LogP contribution in [0.2, 0.25) is 0 Å². The molecule has 26 heavy (non-hydrogen) atoms. The van der Waals surface area contributed by atoms with Crippen molar-refractivity contribution in [1.82, 2.24) is 20.2 Å². The first-order valence-corrected chi connectivity index (χ1v) is 8.85. The van der Waals surface area contributed by atoms with Crippen LogP contribution < -0.4 is 5.32 Å². The van der Waals surface area contributed by atoms with Crippen molar-refractivity contribution in [2.45, 2.75) is 26.4 Å². The van der Waals surface area contributed by atoms with E-state index >= 15 is 0 Å². The number of aromatic amines is 1. The molecule has 0 bridgehead atoms. The fourth-order valence-electron chi connectivity index (χ4n) is 2.95. The molecule has 1 aliphatic heterocycles. The minimum atomic E-state index is -0.273. The lowest BCUT2D eigenvalue weighted by Crippen LogP contribution is -2.41. The Hall–Kier alpha value is -2.83. The van der Waals surface area contributed by atoms with Gasteiger partial charge in [-0.1, -0.05) is 29.8 Å². The van der Waals surface area contributed by atoms with Crippen molar-refractivity contribution < 1.29 is 14.3 Å². The number of nitrogens with zero attached hydrogens (tertiary/aromatic N) is 2. The number of aryl methyl sites for hydroxylation is 1. The lowest BCUT2D eigenvalue weighted by Gasteiger charge is -2.31. The second-order valence-corrected chi connectivity index (χ2v) is 6.65. The Morgan fingerprint density at radius 3 is 2.65 bits per heavy atom. The van der Waals surface area contributed by atoms with Crippen molar-refractivity contribution in [1.29, 1.82) is 0 Å². The van der Waals surface area contributed by atoms with E-state index in [1.165, 1.54) is 18.1 Å². The van der Waals surface area contributed by atoms with Crippen LogP contribution in [0.4, 0.5) is 4.79 Å². The van der Waals surface area contributed by atoms with Gasteiger partial charge in [0.2, 0.25) is 0 Å². The number of carbonyl (C=O) groups excluding carboxylic acids is 2. The third-order valence-corrected chi connectivity index (χ3v) is 4.65. The summed E-state index contributed by atoms with van der Waals surface area (Å²) in [6, 6.07) is 7.95. The molecule has 1 aromatic carbocycles. The average molecular weight is 356 g/mol. The molecule has 0 unspecified atom stereocenters. The largest absolute Gasteiger partial charge is 0.445 e. The molecule has 0 aliphatic carbocycles. The topological polar surface area (TPSA) is 87.3 Å². The summed E-state index contributed by atoms with van der Waals surface area (Å²) in [6.45, 7) is 4.22. The Balaban J connectivity index is 1.37. The summed E-state index contributed by atoms with van der Waals surface area (Å²) in [5.74, 6) is 0.213. The normalized spacial score (nSPS) is 14.9. The van der Waals surface area contributed by atoms with Crippen molar-refractivity contribution in [3.05, 3.63) is 53.6 Å². The van der Waals surface area contributed by atoms with Gasteiger partial charge in [-0.15, -0.1) is 0 Å². The minimum Gasteiger partial charge on any atom is -0.445 e. The van der Waals surface area contributed by atoms with E-state index in [4.69, 9.17) is 4.74 Å². The molecular weight excluding hydrogens is 332 g/mol. The van der Waals surface area contributed by atoms with Gasteiger partial charge in [-0.2, -0.15) is 0 Å². The van der Waals surface area contributed by atoms with Crippen molar-refractivity contribution in [2.75, 3.05) is 19.6 Å². The first kappa shape index (κ1) is 18.0. The van der Waals surface area contributed by atoms with E-state index < -0.39 is 0 Å². The molecule has 1 aliphatic rings. The van der Waals surface area contributed by atoms with Crippen LogP contribution in [0.3, 0.4) is 0 Å². The van der Waals surface area contributed by atoms with Gasteiger partial charge >= 0.3 is 6.09 Å². The van der Waals surface area contributed by atoms with Gasteiger partial charge in [0.15, 0.2) is 0 Å². The van der Waals surface area contributed by atoms with Crippen molar-refractivity contribution in [2.24, 2.45) is 5.92 Å². The molecule has 1 saturated heterocycles. The zero-order chi connectivity index (χ0) is 18.4. The number of amides is 2. The number of nitrogens with one attached hydrogen (secondary N) is 2. The lowest BCUT2D eigenvalue weighted by molar-refractivity contribution is 0.0800. The third-order valence-electron chi connectivity index (χ3n) is 4.65. The average Bonchev–Trinajstić information content (AvgIpc) is 3.21. The van der Waals surface area contributed by atoms with E-state index in [2.05, 4.69) is 15.3 Å². The van der Waals surface area contributed by atoms with Gasteiger partial charge in [-0.25, -0.2) is 9.78 Å². The molecule has 0 atom stereocenters. The Bertz CT molecular complexity index is 720. The van der Waals surface area contributed by atoms with E-state index in [-0.39, 0.29) is 12.0 Å². The maximum atomic E-state index is 12.2. The lowest BCUT2D eigenvalue weighted by atomic mass is 9.97. The summed E-state index contributed by atoms with van der Waals surface area (Å²) in [6.07, 6.45) is 4.41. The fraction of sp³-hybridized carbons (Fsp3) is 0.421. The van der Waals surface area contributed by atoms with Crippen molar-refractivity contribution >= 4 is 12.0 Å². The minimum absolute atomic E-state index is 0.151. The van der Waals surface area contributed by atoms with Crippen LogP contribution in [-0.2, 0) is 11.3 Å². The first-order valence-electron chi connectivity index (χ1n) is 8.85. The molecule has 7 heteroatoms. The number of piperidine rings is 1. The van der Waals surface area contributed by atoms with Crippen molar-refractivity contribution in [3.8, 4) is 0 Å². The molecule has 2 aromatic rings. The Kier molecular flexibility index (Phi) is 5.88. The number of H-pyrrole nitrogens is 1. The molecule has 2 amide bonds. The molecule has 0 saturated carbocycles. The number of likely N-dealkylation sites (tertiary alicyclic amines) is 1. The number of benzene rings is 1. The summed E-state index contributed by atoms with van der Waals surface area (Å²) < 4.78 is 5.40. The number of hydrogen-bond acceptors (Lipinski definition) is 4. The van der Waals surface area contributed by atoms with Crippen molar-refractivity contribution in [3.63, 3.8) is 0 Å². The van der Waals surface area contributed by atoms with E-state index in [1.54, 1.807) is 4.90 Å². The van der Waals surface area contributed by atoms with E-state index in [1.807, 2.05) is 31.2 Å². The number of ether oxygens (including phenoxy) is 1. The van der Waals surface area contributed by atoms with Gasteiger partial charge in [0, 0.05) is 19.6 Å². The Morgan fingerprint density at radius 2 is 2.00 bits per heavy atom. The fourth-order valence-corrected chi connectivity index (χ4v) is 2.95. The van der Waals surface area contributed by atoms with Gasteiger partial charge in [-0.3, -0.25) is 4.79 Å². The van der Waals surface area contributed by atoms with Gasteiger partial charge in [0.25, 0.3) is 5.91 Å². The molecule has 0 radical (unpaired) electrons. The van der Waals surface area contributed by atoms with Crippen LogP contribution in [0.5, 0.6) is 0 Å². The summed E-state index contributed by atoms with van der Waals surface area (Å²) >= 11 is 0. The molecule has 1 fully saturated rings. The van der Waals surface area contributed by atoms with E-state index in [0.717, 1.165) is 18.4 Å². The SMILES string of the molecule is Cc1ccc(COC(=O)N2CCC(CNC(=O)c3cnc[nH]3)CC2)cc1. The molecule has 7 nitrogen and oxygen atoms in total. The third kappa shape index (κ3) is 4.84. The highest BCUT2D eigenvalue weighted by Crippen LogP contribution is 2.17. The van der Waals surface area contributed by atoms with Crippen LogP contribution in [0.15, 0.2) is 36.8 Å². The molecule has 2 N–H and O–H groups in total. The van der Waals surface area contributed by atoms with E-state index in [9.17, 15) is 9.59 Å². The number of aromatic nitrogens is 2. The molecule has 138 valence electrons. The van der Waals surface area contributed by atoms with Gasteiger partial charge < -0.3 is 19.9 Å². The summed E-state index contributed by atoms with van der Waals surface area (Å²) in [4.78, 5) is 32.4. The predicted octanol–water partition coefficient (Wildman–Crippen LogP) is 2.50. The molecular formula is C19H24N4O3. The highest BCUT2D eigenvalue weighted by atomic mass is 16.6. The maximum Gasteiger partial charge on any atom is 0.410 e. The van der Waals surface area contributed by atoms with Crippen LogP contribution in [0.1, 0.15) is 34.5 Å². The first-order chi connectivity index (χ1) is 12.6. The summed E-state index contributed by atoms with van der Waals surface area (Å²) in [5.41, 5.74) is 2.63. The molecule has 1 aromatic heterocycles. The molecule has 3 rings (SSSR count). The van der Waals surface area contributed by atoms with Crippen LogP contribution >= 0.6 is 0 Å². The Morgan fingerprint density at radius 1 is 1.27 bits per heavy atom. The van der Waals surface area contributed by atoms with Gasteiger partial charge in [0.05, 0.1) is 12.5 Å². The number of imidazole rings is 1. The molecule has 2 heterocycles. The highest BCUT2D eigenvalue weighted by molar-refractivity contribution is 5.91. The van der Waals surface area contributed by atoms with Crippen LogP contribution in [0, 0.1) is 12.8 Å². The highest BCUT2D eigenvalue weighted by Gasteiger charge is 2.24. The van der Waals surface area contributed by atoms with E-state index in [0.29, 0.717) is 37.9 Å². The van der Waals surface area contributed by atoms with Gasteiger partial charge in [0.1, 0.15) is 12.3 Å². The zero-order valence-electron chi connectivity index (χ0n) is 14.9. The number of rotatable bonds is 5. The maximum absolute atomic E-state index is 12.2. The molecule has 0 spiro atoms.